The molecule has 11 aromatic rings. The molecule has 11 rings (SSSR count). The lowest BCUT2D eigenvalue weighted by atomic mass is 9.98. The summed E-state index contributed by atoms with van der Waals surface area (Å²) in [6.45, 7) is 0. The first-order valence-corrected chi connectivity index (χ1v) is 19.0. The zero-order valence-corrected chi connectivity index (χ0v) is 29.1. The summed E-state index contributed by atoms with van der Waals surface area (Å²) in [5, 5.41) is 7.83. The second kappa shape index (κ2) is 11.3. The number of thiophene rings is 2. The van der Waals surface area contributed by atoms with Crippen molar-refractivity contribution in [3.05, 3.63) is 176 Å². The average Bonchev–Trinajstić information content (AvgIpc) is 3.87. The maximum atomic E-state index is 2.50. The summed E-state index contributed by atoms with van der Waals surface area (Å²) in [6.07, 6.45) is 0. The lowest BCUT2D eigenvalue weighted by molar-refractivity contribution is 1.20. The third-order valence-corrected chi connectivity index (χ3v) is 12.8. The van der Waals surface area contributed by atoms with Crippen LogP contribution in [0.1, 0.15) is 0 Å². The van der Waals surface area contributed by atoms with Crippen molar-refractivity contribution in [1.29, 1.82) is 0 Å². The van der Waals surface area contributed by atoms with Crippen LogP contribution in [0.5, 0.6) is 0 Å². The highest BCUT2D eigenvalue weighted by atomic mass is 32.1. The minimum Gasteiger partial charge on any atom is -0.308 e. The van der Waals surface area contributed by atoms with Gasteiger partial charge in [-0.05, 0) is 88.0 Å². The fraction of sp³-hybridized carbons (Fsp3) is 0. The van der Waals surface area contributed by atoms with E-state index in [1.54, 1.807) is 0 Å². The number of hydrogen-bond donors (Lipinski definition) is 0. The van der Waals surface area contributed by atoms with Crippen LogP contribution in [0.3, 0.4) is 0 Å². The van der Waals surface area contributed by atoms with Crippen molar-refractivity contribution < 1.29 is 0 Å². The van der Waals surface area contributed by atoms with Crippen molar-refractivity contribution in [2.24, 2.45) is 0 Å². The summed E-state index contributed by atoms with van der Waals surface area (Å²) in [6, 6.07) is 64.8. The van der Waals surface area contributed by atoms with E-state index in [1.165, 1.54) is 101 Å². The van der Waals surface area contributed by atoms with Crippen molar-refractivity contribution in [2.45, 2.75) is 0 Å². The van der Waals surface area contributed by atoms with Gasteiger partial charge in [-0.2, -0.15) is 0 Å². The SMILES string of the molecule is c1ccc(-c2ccc3c(c2)c2cc(-c4ccccc4)ccc2n3-c2cccc3c2sc2cccc(-c4ccc5sc6ccccc6c5c4)c23)cc1. The lowest BCUT2D eigenvalue weighted by Crippen LogP contribution is -1.94. The molecule has 0 bridgehead atoms. The van der Waals surface area contributed by atoms with Gasteiger partial charge in [-0.15, -0.1) is 22.7 Å². The Kier molecular flexibility index (Phi) is 6.36. The monoisotopic (exact) mass is 683 g/mol. The summed E-state index contributed by atoms with van der Waals surface area (Å²) >= 11 is 3.78. The van der Waals surface area contributed by atoms with E-state index in [-0.39, 0.29) is 0 Å². The molecule has 0 fully saturated rings. The number of aromatic nitrogens is 1. The molecule has 0 spiro atoms. The normalized spacial score (nSPS) is 11.9. The Morgan fingerprint density at radius 3 is 1.63 bits per heavy atom. The second-order valence-corrected chi connectivity index (χ2v) is 15.4. The van der Waals surface area contributed by atoms with E-state index in [0.29, 0.717) is 0 Å². The molecule has 3 heterocycles. The molecule has 0 unspecified atom stereocenters. The van der Waals surface area contributed by atoms with E-state index in [0.717, 1.165) is 0 Å². The molecule has 3 aromatic heterocycles. The summed E-state index contributed by atoms with van der Waals surface area (Å²) in [5.41, 5.74) is 11.1. The van der Waals surface area contributed by atoms with Gasteiger partial charge in [0.25, 0.3) is 0 Å². The predicted molar refractivity (Wildman–Crippen MR) is 223 cm³/mol. The van der Waals surface area contributed by atoms with Crippen molar-refractivity contribution in [2.75, 3.05) is 0 Å². The van der Waals surface area contributed by atoms with Gasteiger partial charge in [0, 0.05) is 46.4 Å². The number of fused-ring (bicyclic) bond motifs is 9. The molecule has 0 atom stereocenters. The topological polar surface area (TPSA) is 4.93 Å². The Morgan fingerprint density at radius 1 is 0.333 bits per heavy atom. The molecule has 0 aliphatic carbocycles. The molecule has 51 heavy (non-hydrogen) atoms. The number of nitrogens with zero attached hydrogens (tertiary/aromatic N) is 1. The fourth-order valence-electron chi connectivity index (χ4n) is 8.05. The van der Waals surface area contributed by atoms with Crippen LogP contribution in [0.4, 0.5) is 0 Å². The molecule has 0 aliphatic heterocycles. The van der Waals surface area contributed by atoms with Crippen LogP contribution in [0.15, 0.2) is 176 Å². The number of hydrogen-bond acceptors (Lipinski definition) is 2. The fourth-order valence-corrected chi connectivity index (χ4v) is 10.4. The molecular weight excluding hydrogens is 655 g/mol. The highest BCUT2D eigenvalue weighted by Gasteiger charge is 2.19. The summed E-state index contributed by atoms with van der Waals surface area (Å²) < 4.78 is 7.78. The zero-order chi connectivity index (χ0) is 33.5. The highest BCUT2D eigenvalue weighted by Crippen LogP contribution is 2.46. The molecule has 238 valence electrons. The van der Waals surface area contributed by atoms with Gasteiger partial charge in [0.05, 0.1) is 21.4 Å². The van der Waals surface area contributed by atoms with Crippen LogP contribution in [0, 0.1) is 0 Å². The molecule has 3 heteroatoms. The van der Waals surface area contributed by atoms with Crippen molar-refractivity contribution in [1.82, 2.24) is 4.57 Å². The maximum Gasteiger partial charge on any atom is 0.0640 e. The Morgan fingerprint density at radius 2 is 0.902 bits per heavy atom. The summed E-state index contributed by atoms with van der Waals surface area (Å²) in [7, 11) is 0. The molecule has 0 N–H and O–H groups in total. The van der Waals surface area contributed by atoms with Crippen molar-refractivity contribution >= 4 is 84.8 Å². The zero-order valence-electron chi connectivity index (χ0n) is 27.5. The molecule has 0 saturated carbocycles. The van der Waals surface area contributed by atoms with E-state index in [2.05, 4.69) is 180 Å². The first-order valence-electron chi connectivity index (χ1n) is 17.3. The third kappa shape index (κ3) is 4.45. The molecule has 0 saturated heterocycles. The van der Waals surface area contributed by atoms with E-state index < -0.39 is 0 Å². The number of benzene rings is 8. The van der Waals surface area contributed by atoms with Gasteiger partial charge < -0.3 is 4.57 Å². The standard InChI is InChI=1S/C48H29NS2/c1-3-11-30(12-4-1)32-21-24-41-38(27-32)39-28-33(31-13-5-2-6-14-31)22-25-42(39)49(41)43-18-9-17-37-47-35(16-10-20-46(47)51-48(37)43)34-23-26-45-40(29-34)36-15-7-8-19-44(36)50-45/h1-29H. The maximum absolute atomic E-state index is 2.50. The third-order valence-electron chi connectivity index (χ3n) is 10.4. The van der Waals surface area contributed by atoms with E-state index in [9.17, 15) is 0 Å². The Balaban J connectivity index is 1.16. The molecule has 0 aliphatic rings. The van der Waals surface area contributed by atoms with Gasteiger partial charge in [-0.3, -0.25) is 0 Å². The van der Waals surface area contributed by atoms with Gasteiger partial charge in [0.1, 0.15) is 0 Å². The van der Waals surface area contributed by atoms with E-state index >= 15 is 0 Å². The Hall–Kier alpha value is -6.00. The highest BCUT2D eigenvalue weighted by molar-refractivity contribution is 7.26. The smallest absolute Gasteiger partial charge is 0.0640 e. The quantitative estimate of drug-likeness (QED) is 0.174. The van der Waals surface area contributed by atoms with Gasteiger partial charge in [-0.25, -0.2) is 0 Å². The minimum absolute atomic E-state index is 1.22. The van der Waals surface area contributed by atoms with E-state index in [4.69, 9.17) is 0 Å². The van der Waals surface area contributed by atoms with Gasteiger partial charge in [0.15, 0.2) is 0 Å². The number of rotatable bonds is 4. The second-order valence-electron chi connectivity index (χ2n) is 13.3. The van der Waals surface area contributed by atoms with Crippen LogP contribution in [0.25, 0.3) is 101 Å². The van der Waals surface area contributed by atoms with E-state index in [1.807, 2.05) is 22.7 Å². The first-order chi connectivity index (χ1) is 25.3. The summed E-state index contributed by atoms with van der Waals surface area (Å²) in [4.78, 5) is 0. The van der Waals surface area contributed by atoms with Crippen molar-refractivity contribution in [3.63, 3.8) is 0 Å². The first kappa shape index (κ1) is 28.8. The lowest BCUT2D eigenvalue weighted by Gasteiger charge is -2.11. The van der Waals surface area contributed by atoms with Gasteiger partial charge in [0.2, 0.25) is 0 Å². The van der Waals surface area contributed by atoms with Gasteiger partial charge in [-0.1, -0.05) is 121 Å². The Labute approximate surface area is 302 Å². The van der Waals surface area contributed by atoms with Crippen LogP contribution in [-0.4, -0.2) is 4.57 Å². The van der Waals surface area contributed by atoms with Crippen LogP contribution >= 0.6 is 22.7 Å². The molecule has 8 aromatic carbocycles. The summed E-state index contributed by atoms with van der Waals surface area (Å²) in [5.74, 6) is 0. The van der Waals surface area contributed by atoms with Crippen LogP contribution in [-0.2, 0) is 0 Å². The molecule has 0 radical (unpaired) electrons. The van der Waals surface area contributed by atoms with Gasteiger partial charge >= 0.3 is 0 Å². The molecule has 1 nitrogen and oxygen atoms in total. The molecular formula is C48H29NS2. The molecule has 0 amide bonds. The minimum atomic E-state index is 1.22. The average molecular weight is 684 g/mol. The van der Waals surface area contributed by atoms with Crippen LogP contribution in [0.2, 0.25) is 0 Å². The van der Waals surface area contributed by atoms with Crippen LogP contribution < -0.4 is 0 Å². The predicted octanol–water partition coefficient (Wildman–Crippen LogP) is 14.5. The largest absolute Gasteiger partial charge is 0.308 e. The van der Waals surface area contributed by atoms with Crippen molar-refractivity contribution in [3.8, 4) is 39.1 Å². The Bertz CT molecular complexity index is 3030.